The molecule has 2 nitrogen and oxygen atoms in total. The van der Waals surface area contributed by atoms with Crippen LogP contribution in [-0.4, -0.2) is 0 Å². The average molecular weight is 635 g/mol. The lowest BCUT2D eigenvalue weighted by atomic mass is 9.89. The Morgan fingerprint density at radius 2 is 0.660 bits per heavy atom. The largest absolute Gasteiger partial charge is 0.455 e. The number of para-hydroxylation sites is 2. The monoisotopic (exact) mass is 634 g/mol. The van der Waals surface area contributed by atoms with Gasteiger partial charge >= 0.3 is 0 Å². The van der Waals surface area contributed by atoms with Gasteiger partial charge in [-0.1, -0.05) is 109 Å². The Morgan fingerprint density at radius 3 is 1.06 bits per heavy atom. The molecular formula is C48H26O2. The van der Waals surface area contributed by atoms with Crippen LogP contribution in [0.5, 0.6) is 0 Å². The van der Waals surface area contributed by atoms with Gasteiger partial charge < -0.3 is 8.83 Å². The van der Waals surface area contributed by atoms with E-state index in [0.717, 1.165) is 66.1 Å². The van der Waals surface area contributed by atoms with E-state index in [4.69, 9.17) is 8.83 Å². The molecule has 2 heterocycles. The maximum Gasteiger partial charge on any atom is 0.143 e. The van der Waals surface area contributed by atoms with Gasteiger partial charge in [0.2, 0.25) is 0 Å². The molecule has 0 spiro atoms. The van der Waals surface area contributed by atoms with Crippen LogP contribution in [0.15, 0.2) is 167 Å². The van der Waals surface area contributed by atoms with E-state index in [-0.39, 0.29) is 0 Å². The van der Waals surface area contributed by atoms with E-state index >= 15 is 0 Å². The summed E-state index contributed by atoms with van der Waals surface area (Å²) in [5.41, 5.74) is 8.26. The molecule has 50 heavy (non-hydrogen) atoms. The molecule has 0 amide bonds. The fourth-order valence-electron chi connectivity index (χ4n) is 8.57. The third-order valence-electron chi connectivity index (χ3n) is 10.9. The second-order valence-corrected chi connectivity index (χ2v) is 13.7. The molecule has 0 N–H and O–H groups in total. The first-order valence-electron chi connectivity index (χ1n) is 17.1. The van der Waals surface area contributed by atoms with Crippen LogP contribution in [0.2, 0.25) is 0 Å². The molecule has 0 fully saturated rings. The third-order valence-corrected chi connectivity index (χ3v) is 10.9. The molecule has 12 aromatic rings. The minimum atomic E-state index is 0.923. The molecule has 0 aliphatic heterocycles. The second kappa shape index (κ2) is 9.49. The molecule has 0 atom stereocenters. The van der Waals surface area contributed by atoms with Crippen LogP contribution in [0.3, 0.4) is 0 Å². The number of hydrogen-bond donors (Lipinski definition) is 0. The van der Waals surface area contributed by atoms with Crippen LogP contribution in [-0.2, 0) is 0 Å². The molecule has 12 rings (SSSR count). The second-order valence-electron chi connectivity index (χ2n) is 13.7. The summed E-state index contributed by atoms with van der Waals surface area (Å²) < 4.78 is 13.2. The van der Waals surface area contributed by atoms with Crippen LogP contribution < -0.4 is 0 Å². The normalized spacial score (nSPS) is 12.4. The molecule has 0 aliphatic rings. The van der Waals surface area contributed by atoms with Crippen LogP contribution >= 0.6 is 0 Å². The first-order valence-corrected chi connectivity index (χ1v) is 17.1. The molecule has 0 unspecified atom stereocenters. The number of rotatable bonds is 2. The van der Waals surface area contributed by atoms with Crippen LogP contribution in [0.1, 0.15) is 0 Å². The number of furan rings is 2. The Balaban J connectivity index is 1.03. The molecule has 0 saturated heterocycles. The van der Waals surface area contributed by atoms with Crippen molar-refractivity contribution in [2.75, 3.05) is 0 Å². The highest BCUT2D eigenvalue weighted by Crippen LogP contribution is 2.44. The zero-order valence-electron chi connectivity index (χ0n) is 26.8. The zero-order valence-corrected chi connectivity index (χ0v) is 26.8. The standard InChI is InChI=1S/C48H26O2/c1-3-9-29-25-43-41(23-27(29)7-1)39-13-5-11-37(47(39)49-43)35-19-31-15-17-33-21-36(22-34-18-16-32(20-35)45(31)46(33)34)38-12-6-14-40-42-24-28-8-2-4-10-30(28)26-44(42)50-48(38)40/h1-26H. The lowest BCUT2D eigenvalue weighted by Gasteiger charge is -2.15. The highest BCUT2D eigenvalue weighted by Gasteiger charge is 2.18. The third kappa shape index (κ3) is 3.57. The van der Waals surface area contributed by atoms with Gasteiger partial charge in [-0.15, -0.1) is 0 Å². The summed E-state index contributed by atoms with van der Waals surface area (Å²) in [5, 5.41) is 16.9. The van der Waals surface area contributed by atoms with Crippen molar-refractivity contribution < 1.29 is 8.83 Å². The number of hydrogen-bond acceptors (Lipinski definition) is 2. The number of benzene rings is 10. The maximum absolute atomic E-state index is 6.61. The molecule has 0 aliphatic carbocycles. The first kappa shape index (κ1) is 26.3. The summed E-state index contributed by atoms with van der Waals surface area (Å²) in [5.74, 6) is 0. The lowest BCUT2D eigenvalue weighted by Crippen LogP contribution is -1.88. The van der Waals surface area contributed by atoms with Crippen molar-refractivity contribution in [1.29, 1.82) is 0 Å². The minimum Gasteiger partial charge on any atom is -0.455 e. The van der Waals surface area contributed by atoms with Crippen molar-refractivity contribution >= 4 is 97.7 Å². The Morgan fingerprint density at radius 1 is 0.280 bits per heavy atom. The maximum atomic E-state index is 6.61. The Bertz CT molecular complexity index is 3080. The summed E-state index contributed by atoms with van der Waals surface area (Å²) >= 11 is 0. The van der Waals surface area contributed by atoms with Gasteiger partial charge in [-0.2, -0.15) is 0 Å². The van der Waals surface area contributed by atoms with Crippen molar-refractivity contribution in [2.45, 2.75) is 0 Å². The zero-order chi connectivity index (χ0) is 32.5. The van der Waals surface area contributed by atoms with Crippen molar-refractivity contribution in [2.24, 2.45) is 0 Å². The topological polar surface area (TPSA) is 26.3 Å². The average Bonchev–Trinajstić information content (AvgIpc) is 3.72. The smallest absolute Gasteiger partial charge is 0.143 e. The van der Waals surface area contributed by atoms with E-state index in [2.05, 4.69) is 158 Å². The van der Waals surface area contributed by atoms with Crippen molar-refractivity contribution in [3.63, 3.8) is 0 Å². The van der Waals surface area contributed by atoms with Gasteiger partial charge in [-0.25, -0.2) is 0 Å². The SMILES string of the molecule is c1ccc2cc3c(cc2c1)oc1c(-c2cc4ccc5cc(-c6cccc7c6oc6cc8ccccc8cc67)cc6ccc(c2)c4c56)cccc13. The molecule has 0 bridgehead atoms. The Hall–Kier alpha value is -6.64. The molecule has 2 heteroatoms. The Labute approximate surface area is 285 Å². The van der Waals surface area contributed by atoms with Crippen LogP contribution in [0, 0.1) is 0 Å². The van der Waals surface area contributed by atoms with Gasteiger partial charge in [-0.05, 0) is 114 Å². The minimum absolute atomic E-state index is 0.923. The van der Waals surface area contributed by atoms with Crippen molar-refractivity contribution in [1.82, 2.24) is 0 Å². The summed E-state index contributed by atoms with van der Waals surface area (Å²) in [7, 11) is 0. The van der Waals surface area contributed by atoms with Gasteiger partial charge in [0.15, 0.2) is 0 Å². The predicted octanol–water partition coefficient (Wildman–Crippen LogP) is 14.0. The predicted molar refractivity (Wildman–Crippen MR) is 211 cm³/mol. The summed E-state index contributed by atoms with van der Waals surface area (Å²) in [6, 6.07) is 57.2. The lowest BCUT2D eigenvalue weighted by molar-refractivity contribution is 0.670. The Kier molecular flexibility index (Phi) is 5.00. The fourth-order valence-corrected chi connectivity index (χ4v) is 8.57. The molecular weight excluding hydrogens is 609 g/mol. The molecule has 2 aromatic heterocycles. The highest BCUT2D eigenvalue weighted by atomic mass is 16.3. The highest BCUT2D eigenvalue weighted by molar-refractivity contribution is 6.25. The van der Waals surface area contributed by atoms with Crippen molar-refractivity contribution in [3.8, 4) is 22.3 Å². The van der Waals surface area contributed by atoms with E-state index in [1.54, 1.807) is 0 Å². The van der Waals surface area contributed by atoms with Gasteiger partial charge in [0.05, 0.1) is 0 Å². The molecule has 230 valence electrons. The summed E-state index contributed by atoms with van der Waals surface area (Å²) in [6.07, 6.45) is 0. The van der Waals surface area contributed by atoms with Crippen LogP contribution in [0.25, 0.3) is 120 Å². The van der Waals surface area contributed by atoms with Crippen molar-refractivity contribution in [3.05, 3.63) is 158 Å². The fraction of sp³-hybridized carbons (Fsp3) is 0. The van der Waals surface area contributed by atoms with Crippen LogP contribution in [0.4, 0.5) is 0 Å². The first-order chi connectivity index (χ1) is 24.7. The summed E-state index contributed by atoms with van der Waals surface area (Å²) in [4.78, 5) is 0. The van der Waals surface area contributed by atoms with Gasteiger partial charge in [0.1, 0.15) is 22.3 Å². The van der Waals surface area contributed by atoms with E-state index in [9.17, 15) is 0 Å². The summed E-state index contributed by atoms with van der Waals surface area (Å²) in [6.45, 7) is 0. The van der Waals surface area contributed by atoms with E-state index in [1.807, 2.05) is 0 Å². The molecule has 0 saturated carbocycles. The molecule has 0 radical (unpaired) electrons. The van der Waals surface area contributed by atoms with E-state index < -0.39 is 0 Å². The van der Waals surface area contributed by atoms with Gasteiger partial charge in [-0.3, -0.25) is 0 Å². The van der Waals surface area contributed by atoms with Gasteiger partial charge in [0, 0.05) is 32.7 Å². The van der Waals surface area contributed by atoms with Gasteiger partial charge in [0.25, 0.3) is 0 Å². The number of fused-ring (bicyclic) bond motifs is 8. The quantitative estimate of drug-likeness (QED) is 0.177. The van der Waals surface area contributed by atoms with E-state index in [1.165, 1.54) is 53.9 Å². The van der Waals surface area contributed by atoms with E-state index in [0.29, 0.717) is 0 Å². The molecule has 10 aromatic carbocycles.